The SMILES string of the molecule is COc1cccc(S(=O)(=O)N2c3ccc(C(C)NCc4ncccc4C(F)(F)F)cc3C3(CCN(C(C)=O)CC3)C2C2CC2)c1. The van der Waals surface area contributed by atoms with E-state index in [2.05, 4.69) is 10.3 Å². The van der Waals surface area contributed by atoms with E-state index < -0.39 is 27.2 Å². The lowest BCUT2D eigenvalue weighted by Gasteiger charge is -2.45. The number of fused-ring (bicyclic) bond motifs is 2. The second-order valence-electron chi connectivity index (χ2n) is 12.3. The third-order valence-corrected chi connectivity index (χ3v) is 11.4. The number of carbonyl (C=O) groups excluding carboxylic acids is 1. The normalized spacial score (nSPS) is 20.3. The zero-order valence-corrected chi connectivity index (χ0v) is 26.3. The first-order valence-corrected chi connectivity index (χ1v) is 16.6. The molecule has 12 heteroatoms. The van der Waals surface area contributed by atoms with Crippen LogP contribution in [0.3, 0.4) is 0 Å². The highest BCUT2D eigenvalue weighted by molar-refractivity contribution is 7.93. The molecule has 2 aliphatic heterocycles. The third-order valence-electron chi connectivity index (χ3n) is 9.65. The van der Waals surface area contributed by atoms with Gasteiger partial charge in [-0.05, 0) is 80.0 Å². The molecule has 1 aromatic heterocycles. The van der Waals surface area contributed by atoms with E-state index in [0.29, 0.717) is 37.4 Å². The minimum absolute atomic E-state index is 0.00813. The summed E-state index contributed by atoms with van der Waals surface area (Å²) in [5.74, 6) is 0.608. The average Bonchev–Trinajstić information content (AvgIpc) is 3.83. The quantitative estimate of drug-likeness (QED) is 0.333. The maximum absolute atomic E-state index is 14.5. The minimum atomic E-state index is -4.52. The summed E-state index contributed by atoms with van der Waals surface area (Å²) in [5, 5.41) is 3.20. The number of carbonyl (C=O) groups is 1. The lowest BCUT2D eigenvalue weighted by Crippen LogP contribution is -2.54. The standard InChI is InChI=1S/C33H37F3N4O4S/c1-21(38-20-29-27(33(34,35)36)8-5-15-37-29)24-11-12-30-28(18-24)32(13-16-39(17-14-32)22(2)41)31(23-9-10-23)40(30)45(42,43)26-7-4-6-25(19-26)44-3/h4-8,11-12,15,18-19,21,23,31,38H,9-10,13-14,16-17,20H2,1-3H3. The molecule has 8 nitrogen and oxygen atoms in total. The van der Waals surface area contributed by atoms with E-state index in [-0.39, 0.29) is 41.0 Å². The van der Waals surface area contributed by atoms with E-state index in [4.69, 9.17) is 4.74 Å². The van der Waals surface area contributed by atoms with Crippen molar-refractivity contribution in [3.8, 4) is 5.75 Å². The number of sulfonamides is 1. The van der Waals surface area contributed by atoms with Crippen LogP contribution in [0.1, 0.15) is 68.0 Å². The van der Waals surface area contributed by atoms with Gasteiger partial charge in [-0.15, -0.1) is 0 Å². The molecule has 3 heterocycles. The molecular formula is C33H37F3N4O4S. The number of hydrogen-bond acceptors (Lipinski definition) is 6. The molecule has 2 atom stereocenters. The molecule has 0 radical (unpaired) electrons. The topological polar surface area (TPSA) is 91.8 Å². The molecule has 6 rings (SSSR count). The molecule has 3 aromatic rings. The Morgan fingerprint density at radius 2 is 1.84 bits per heavy atom. The lowest BCUT2D eigenvalue weighted by molar-refractivity contribution is -0.138. The van der Waals surface area contributed by atoms with Gasteiger partial charge in [0.15, 0.2) is 0 Å². The molecule has 2 fully saturated rings. The molecule has 1 saturated carbocycles. The maximum Gasteiger partial charge on any atom is 0.418 e. The zero-order valence-electron chi connectivity index (χ0n) is 25.5. The van der Waals surface area contributed by atoms with Crippen molar-refractivity contribution < 1.29 is 31.1 Å². The number of likely N-dealkylation sites (tertiary alicyclic amines) is 1. The molecular weight excluding hydrogens is 605 g/mol. The Labute approximate surface area is 261 Å². The monoisotopic (exact) mass is 642 g/mol. The number of methoxy groups -OCH3 is 1. The number of nitrogens with one attached hydrogen (secondary N) is 1. The molecule has 1 aliphatic carbocycles. The predicted octanol–water partition coefficient (Wildman–Crippen LogP) is 5.83. The fraction of sp³-hybridized carbons (Fsp3) is 0.455. The largest absolute Gasteiger partial charge is 0.497 e. The van der Waals surface area contributed by atoms with Crippen molar-refractivity contribution in [3.63, 3.8) is 0 Å². The summed E-state index contributed by atoms with van der Waals surface area (Å²) in [5.41, 5.74) is 0.979. The van der Waals surface area contributed by atoms with Crippen molar-refractivity contribution in [2.45, 2.75) is 74.6 Å². The van der Waals surface area contributed by atoms with Crippen LogP contribution in [0.2, 0.25) is 0 Å². The van der Waals surface area contributed by atoms with E-state index in [9.17, 15) is 26.4 Å². The van der Waals surface area contributed by atoms with Crippen LogP contribution < -0.4 is 14.4 Å². The van der Waals surface area contributed by atoms with Crippen LogP contribution in [-0.4, -0.2) is 50.5 Å². The van der Waals surface area contributed by atoms with Gasteiger partial charge in [0.25, 0.3) is 10.0 Å². The number of piperidine rings is 1. The Bertz CT molecular complexity index is 1700. The van der Waals surface area contributed by atoms with Crippen LogP contribution in [0.5, 0.6) is 5.75 Å². The van der Waals surface area contributed by atoms with Crippen molar-refractivity contribution >= 4 is 21.6 Å². The predicted molar refractivity (Wildman–Crippen MR) is 163 cm³/mol. The number of amides is 1. The average molecular weight is 643 g/mol. The summed E-state index contributed by atoms with van der Waals surface area (Å²) in [7, 11) is -2.50. The number of alkyl halides is 3. The van der Waals surface area contributed by atoms with E-state index in [1.54, 1.807) is 29.4 Å². The Balaban J connectivity index is 1.40. The van der Waals surface area contributed by atoms with Gasteiger partial charge in [0.1, 0.15) is 5.75 Å². The molecule has 2 unspecified atom stereocenters. The Morgan fingerprint density at radius 1 is 1.11 bits per heavy atom. The molecule has 1 N–H and O–H groups in total. The smallest absolute Gasteiger partial charge is 0.418 e. The van der Waals surface area contributed by atoms with Crippen LogP contribution in [-0.2, 0) is 33.0 Å². The first-order valence-electron chi connectivity index (χ1n) is 15.2. The summed E-state index contributed by atoms with van der Waals surface area (Å²) in [6.45, 7) is 4.37. The lowest BCUT2D eigenvalue weighted by atomic mass is 9.68. The van der Waals surface area contributed by atoms with Crippen LogP contribution >= 0.6 is 0 Å². The van der Waals surface area contributed by atoms with Gasteiger partial charge in [-0.2, -0.15) is 13.2 Å². The van der Waals surface area contributed by atoms with E-state index >= 15 is 0 Å². The number of benzene rings is 2. The number of rotatable bonds is 8. The van der Waals surface area contributed by atoms with Gasteiger partial charge >= 0.3 is 6.18 Å². The van der Waals surface area contributed by atoms with Crippen LogP contribution in [0.25, 0.3) is 0 Å². The van der Waals surface area contributed by atoms with Gasteiger partial charge in [0.2, 0.25) is 5.91 Å². The number of aromatic nitrogens is 1. The highest BCUT2D eigenvalue weighted by atomic mass is 32.2. The van der Waals surface area contributed by atoms with Crippen LogP contribution in [0, 0.1) is 5.92 Å². The van der Waals surface area contributed by atoms with Gasteiger partial charge < -0.3 is 15.0 Å². The molecule has 1 amide bonds. The summed E-state index contributed by atoms with van der Waals surface area (Å²) >= 11 is 0. The molecule has 45 heavy (non-hydrogen) atoms. The second kappa shape index (κ2) is 11.6. The Hall–Kier alpha value is -3.64. The van der Waals surface area contributed by atoms with E-state index in [0.717, 1.165) is 30.0 Å². The molecule has 3 aliphatic rings. The van der Waals surface area contributed by atoms with Gasteiger partial charge in [-0.1, -0.05) is 18.2 Å². The van der Waals surface area contributed by atoms with Crippen molar-refractivity contribution in [3.05, 3.63) is 83.2 Å². The first-order chi connectivity index (χ1) is 21.4. The summed E-state index contributed by atoms with van der Waals surface area (Å²) in [6.07, 6.45) is -0.121. The molecule has 1 saturated heterocycles. The first kappa shape index (κ1) is 31.3. The van der Waals surface area contributed by atoms with E-state index in [1.807, 2.05) is 30.0 Å². The Morgan fingerprint density at radius 3 is 2.49 bits per heavy atom. The number of anilines is 1. The maximum atomic E-state index is 14.5. The van der Waals surface area contributed by atoms with Gasteiger partial charge in [-0.25, -0.2) is 8.42 Å². The Kier molecular flexibility index (Phi) is 8.09. The number of pyridine rings is 1. The summed E-state index contributed by atoms with van der Waals surface area (Å²) in [4.78, 5) is 18.2. The number of ether oxygens (including phenoxy) is 1. The summed E-state index contributed by atoms with van der Waals surface area (Å²) in [6, 6.07) is 13.8. The highest BCUT2D eigenvalue weighted by Crippen LogP contribution is 2.59. The van der Waals surface area contributed by atoms with Crippen LogP contribution in [0.15, 0.2) is 65.7 Å². The third kappa shape index (κ3) is 5.67. The molecule has 240 valence electrons. The fourth-order valence-electron chi connectivity index (χ4n) is 7.15. The van der Waals surface area contributed by atoms with Crippen LogP contribution in [0.4, 0.5) is 18.9 Å². The van der Waals surface area contributed by atoms with Crippen molar-refractivity contribution in [2.75, 3.05) is 24.5 Å². The second-order valence-corrected chi connectivity index (χ2v) is 14.1. The summed E-state index contributed by atoms with van der Waals surface area (Å²) < 4.78 is 76.7. The van der Waals surface area contributed by atoms with Gasteiger partial charge in [0.05, 0.1) is 35.0 Å². The molecule has 0 bridgehead atoms. The minimum Gasteiger partial charge on any atom is -0.497 e. The number of hydrogen-bond donors (Lipinski definition) is 1. The van der Waals surface area contributed by atoms with Gasteiger partial charge in [-0.3, -0.25) is 14.1 Å². The van der Waals surface area contributed by atoms with Gasteiger partial charge in [0, 0.05) is 50.3 Å². The van der Waals surface area contributed by atoms with E-state index in [1.165, 1.54) is 25.4 Å². The highest BCUT2D eigenvalue weighted by Gasteiger charge is 2.60. The van der Waals surface area contributed by atoms with Crippen molar-refractivity contribution in [2.24, 2.45) is 5.92 Å². The fourth-order valence-corrected chi connectivity index (χ4v) is 8.98. The number of halogens is 3. The molecule has 1 spiro atoms. The van der Waals surface area contributed by atoms with Crippen molar-refractivity contribution in [1.29, 1.82) is 0 Å². The number of nitrogens with zero attached hydrogens (tertiary/aromatic N) is 3. The molecule has 2 aromatic carbocycles. The van der Waals surface area contributed by atoms with Crippen molar-refractivity contribution in [1.82, 2.24) is 15.2 Å². The zero-order chi connectivity index (χ0) is 32.1.